The molecule has 0 aromatic heterocycles. The molecule has 0 heterocycles. The maximum Gasteiger partial charge on any atom is 0.344 e. The molecule has 0 bridgehead atoms. The van der Waals surface area contributed by atoms with Crippen LogP contribution in [0.15, 0.2) is 12.1 Å². The minimum absolute atomic E-state index is 0.200. The molecule has 0 fully saturated rings. The Morgan fingerprint density at radius 2 is 1.75 bits per heavy atom. The molecular formula is C13H19NO6. The summed E-state index contributed by atoms with van der Waals surface area (Å²) < 4.78 is 20.9. The third-order valence-corrected chi connectivity index (χ3v) is 2.62. The lowest BCUT2D eigenvalue weighted by Crippen LogP contribution is -2.29. The second kappa shape index (κ2) is 7.44. The van der Waals surface area contributed by atoms with Crippen LogP contribution >= 0.6 is 0 Å². The first kappa shape index (κ1) is 15.9. The van der Waals surface area contributed by atoms with E-state index in [-0.39, 0.29) is 13.0 Å². The number of carbonyl (C=O) groups is 1. The van der Waals surface area contributed by atoms with E-state index in [1.165, 1.54) is 33.5 Å². The van der Waals surface area contributed by atoms with Crippen LogP contribution in [0.3, 0.4) is 0 Å². The zero-order chi connectivity index (χ0) is 15.1. The molecule has 3 N–H and O–H groups in total. The summed E-state index contributed by atoms with van der Waals surface area (Å²) in [7, 11) is 4.42. The molecule has 0 radical (unpaired) electrons. The predicted octanol–water partition coefficient (Wildman–Crippen LogP) is 0.893. The zero-order valence-corrected chi connectivity index (χ0v) is 11.7. The van der Waals surface area contributed by atoms with E-state index in [0.29, 0.717) is 23.0 Å². The van der Waals surface area contributed by atoms with E-state index in [2.05, 4.69) is 0 Å². The Kier molecular flexibility index (Phi) is 5.92. The van der Waals surface area contributed by atoms with Crippen molar-refractivity contribution in [2.75, 3.05) is 27.9 Å². The molecule has 7 nitrogen and oxygen atoms in total. The third kappa shape index (κ3) is 3.67. The summed E-state index contributed by atoms with van der Waals surface area (Å²) in [6, 6.07) is 3.07. The fourth-order valence-corrected chi connectivity index (χ4v) is 1.67. The Morgan fingerprint density at radius 1 is 1.20 bits per heavy atom. The number of aliphatic carboxylic acids is 1. The molecule has 1 rings (SSSR count). The van der Waals surface area contributed by atoms with Gasteiger partial charge in [-0.25, -0.2) is 4.79 Å². The second-order valence-electron chi connectivity index (χ2n) is 3.88. The Balaban J connectivity index is 3.09. The predicted molar refractivity (Wildman–Crippen MR) is 71.8 cm³/mol. The normalized spacial score (nSPS) is 11.6. The van der Waals surface area contributed by atoms with Crippen LogP contribution in [0.4, 0.5) is 0 Å². The first-order chi connectivity index (χ1) is 9.57. The fraction of sp³-hybridized carbons (Fsp3) is 0.462. The van der Waals surface area contributed by atoms with Crippen LogP contribution in [0.5, 0.6) is 23.0 Å². The second-order valence-corrected chi connectivity index (χ2v) is 3.88. The van der Waals surface area contributed by atoms with Crippen LogP contribution in [0, 0.1) is 0 Å². The van der Waals surface area contributed by atoms with E-state index >= 15 is 0 Å². The van der Waals surface area contributed by atoms with Gasteiger partial charge in [-0.2, -0.15) is 0 Å². The van der Waals surface area contributed by atoms with Crippen molar-refractivity contribution in [2.24, 2.45) is 5.73 Å². The van der Waals surface area contributed by atoms with Gasteiger partial charge < -0.3 is 29.8 Å². The summed E-state index contributed by atoms with van der Waals surface area (Å²) in [6.07, 6.45) is -0.825. The van der Waals surface area contributed by atoms with Crippen molar-refractivity contribution in [1.82, 2.24) is 0 Å². The minimum atomic E-state index is -1.08. The van der Waals surface area contributed by atoms with Gasteiger partial charge in [0, 0.05) is 18.6 Å². The molecule has 0 saturated heterocycles. The number of hydrogen-bond donors (Lipinski definition) is 2. The monoisotopic (exact) mass is 285 g/mol. The number of hydrogen-bond acceptors (Lipinski definition) is 6. The first-order valence-electron chi connectivity index (χ1n) is 5.96. The summed E-state index contributed by atoms with van der Waals surface area (Å²) in [5.41, 5.74) is 5.37. The van der Waals surface area contributed by atoms with Crippen LogP contribution in [0.2, 0.25) is 0 Å². The number of methoxy groups -OCH3 is 3. The average Bonchev–Trinajstić information content (AvgIpc) is 2.45. The average molecular weight is 285 g/mol. The summed E-state index contributed by atoms with van der Waals surface area (Å²) >= 11 is 0. The van der Waals surface area contributed by atoms with Crippen LogP contribution in [0.1, 0.15) is 6.42 Å². The number of benzene rings is 1. The topological polar surface area (TPSA) is 100 Å². The molecule has 1 atom stereocenters. The first-order valence-corrected chi connectivity index (χ1v) is 5.96. The molecule has 0 aliphatic carbocycles. The number of carboxylic acids is 1. The van der Waals surface area contributed by atoms with Crippen molar-refractivity contribution in [2.45, 2.75) is 12.5 Å². The molecule has 112 valence electrons. The van der Waals surface area contributed by atoms with Gasteiger partial charge in [0.15, 0.2) is 17.6 Å². The lowest BCUT2D eigenvalue weighted by molar-refractivity contribution is -0.145. The van der Waals surface area contributed by atoms with Gasteiger partial charge in [-0.15, -0.1) is 0 Å². The van der Waals surface area contributed by atoms with Crippen LogP contribution in [-0.4, -0.2) is 45.1 Å². The Hall–Kier alpha value is -2.15. The molecule has 1 aromatic carbocycles. The summed E-state index contributed by atoms with van der Waals surface area (Å²) in [5.74, 6) is 0.412. The fourth-order valence-electron chi connectivity index (χ4n) is 1.67. The maximum atomic E-state index is 11.1. The molecular weight excluding hydrogens is 266 g/mol. The molecule has 0 aliphatic rings. The van der Waals surface area contributed by atoms with Gasteiger partial charge in [0.2, 0.25) is 5.75 Å². The number of nitrogens with two attached hydrogens (primary N) is 1. The van der Waals surface area contributed by atoms with Crippen molar-refractivity contribution in [1.29, 1.82) is 0 Å². The molecule has 1 unspecified atom stereocenters. The van der Waals surface area contributed by atoms with Gasteiger partial charge in [-0.3, -0.25) is 0 Å². The number of carboxylic acid groups (broad SMARTS) is 1. The highest BCUT2D eigenvalue weighted by Gasteiger charge is 2.21. The SMILES string of the molecule is COc1cc(OC(CCN)C(=O)O)cc(OC)c1OC. The molecule has 1 aromatic rings. The highest BCUT2D eigenvalue weighted by molar-refractivity contribution is 5.73. The standard InChI is InChI=1S/C13H19NO6/c1-17-10-6-8(7-11(18-2)12(10)19-3)20-9(4-5-14)13(15)16/h6-7,9H,4-5,14H2,1-3H3,(H,15,16). The smallest absolute Gasteiger partial charge is 0.344 e. The van der Waals surface area contributed by atoms with Crippen LogP contribution in [0.25, 0.3) is 0 Å². The molecule has 7 heteroatoms. The van der Waals surface area contributed by atoms with Gasteiger partial charge in [0.1, 0.15) is 5.75 Å². The largest absolute Gasteiger partial charge is 0.493 e. The lowest BCUT2D eigenvalue weighted by atomic mass is 10.2. The Bertz CT molecular complexity index is 437. The van der Waals surface area contributed by atoms with Crippen molar-refractivity contribution in [3.05, 3.63) is 12.1 Å². The van der Waals surface area contributed by atoms with E-state index < -0.39 is 12.1 Å². The molecule has 0 spiro atoms. The highest BCUT2D eigenvalue weighted by Crippen LogP contribution is 2.41. The van der Waals surface area contributed by atoms with Crippen molar-refractivity contribution >= 4 is 5.97 Å². The Morgan fingerprint density at radius 3 is 2.10 bits per heavy atom. The Labute approximate surface area is 117 Å². The van der Waals surface area contributed by atoms with Gasteiger partial charge in [-0.1, -0.05) is 0 Å². The van der Waals surface area contributed by atoms with E-state index in [1.54, 1.807) is 0 Å². The number of ether oxygens (including phenoxy) is 4. The highest BCUT2D eigenvalue weighted by atomic mass is 16.5. The van der Waals surface area contributed by atoms with Gasteiger partial charge in [0.05, 0.1) is 21.3 Å². The summed E-state index contributed by atoms with van der Waals surface area (Å²) in [6.45, 7) is 0.210. The van der Waals surface area contributed by atoms with E-state index in [1.807, 2.05) is 0 Å². The lowest BCUT2D eigenvalue weighted by Gasteiger charge is -2.17. The van der Waals surface area contributed by atoms with Crippen molar-refractivity contribution in [3.63, 3.8) is 0 Å². The van der Waals surface area contributed by atoms with Crippen LogP contribution in [-0.2, 0) is 4.79 Å². The molecule has 0 amide bonds. The van der Waals surface area contributed by atoms with E-state index in [9.17, 15) is 4.79 Å². The summed E-state index contributed by atoms with van der Waals surface area (Å²) in [4.78, 5) is 11.1. The quantitative estimate of drug-likeness (QED) is 0.731. The van der Waals surface area contributed by atoms with Gasteiger partial charge in [0.25, 0.3) is 0 Å². The van der Waals surface area contributed by atoms with E-state index in [0.717, 1.165) is 0 Å². The van der Waals surface area contributed by atoms with Gasteiger partial charge in [-0.05, 0) is 6.54 Å². The van der Waals surface area contributed by atoms with Crippen molar-refractivity contribution < 1.29 is 28.8 Å². The minimum Gasteiger partial charge on any atom is -0.493 e. The van der Waals surface area contributed by atoms with Gasteiger partial charge >= 0.3 is 5.97 Å². The zero-order valence-electron chi connectivity index (χ0n) is 11.7. The molecule has 0 aliphatic heterocycles. The molecule has 0 saturated carbocycles. The van der Waals surface area contributed by atoms with Crippen molar-refractivity contribution in [3.8, 4) is 23.0 Å². The third-order valence-electron chi connectivity index (χ3n) is 2.62. The van der Waals surface area contributed by atoms with Crippen LogP contribution < -0.4 is 24.7 Å². The van der Waals surface area contributed by atoms with E-state index in [4.69, 9.17) is 29.8 Å². The maximum absolute atomic E-state index is 11.1. The molecule has 20 heavy (non-hydrogen) atoms. The number of rotatable bonds is 8. The summed E-state index contributed by atoms with van der Waals surface area (Å²) in [5, 5.41) is 9.05.